The van der Waals surface area contributed by atoms with E-state index < -0.39 is 6.04 Å². The molecule has 1 aromatic carbocycles. The van der Waals surface area contributed by atoms with Gasteiger partial charge >= 0.3 is 0 Å². The van der Waals surface area contributed by atoms with Crippen LogP contribution in [0.15, 0.2) is 36.4 Å². The summed E-state index contributed by atoms with van der Waals surface area (Å²) in [7, 11) is 0. The molecule has 5 nitrogen and oxygen atoms in total. The molecule has 130 valence electrons. The second-order valence-corrected chi connectivity index (χ2v) is 7.19. The van der Waals surface area contributed by atoms with E-state index in [-0.39, 0.29) is 11.3 Å². The third-order valence-corrected chi connectivity index (χ3v) is 3.91. The van der Waals surface area contributed by atoms with Crippen LogP contribution in [0.5, 0.6) is 0 Å². The lowest BCUT2D eigenvalue weighted by Gasteiger charge is -2.14. The van der Waals surface area contributed by atoms with E-state index in [1.54, 1.807) is 0 Å². The largest absolute Gasteiger partial charge is 0.320 e. The fraction of sp³-hybridized carbons (Fsp3) is 0.474. The number of nitrogens with one attached hydrogen (secondary N) is 1. The summed E-state index contributed by atoms with van der Waals surface area (Å²) >= 11 is 0. The Bertz CT molecular complexity index is 670. The lowest BCUT2D eigenvalue weighted by atomic mass is 9.92. The molecule has 1 unspecified atom stereocenters. The van der Waals surface area contributed by atoms with E-state index in [2.05, 4.69) is 26.1 Å². The standard InChI is InChI=1S/C19H28N4O/c1-5-9-15(20)18(24)21-17-12-16(19(2,3)4)22-23(17)13-14-10-7-6-8-11-14/h6-8,10-12,15H,5,9,13,20H2,1-4H3,(H,21,24). The zero-order chi connectivity index (χ0) is 17.7. The molecule has 1 atom stereocenters. The molecule has 0 aliphatic heterocycles. The van der Waals surface area contributed by atoms with Gasteiger partial charge in [-0.15, -0.1) is 0 Å². The predicted octanol–water partition coefficient (Wildman–Crippen LogP) is 3.29. The summed E-state index contributed by atoms with van der Waals surface area (Å²) in [5.74, 6) is 0.534. The van der Waals surface area contributed by atoms with E-state index in [1.165, 1.54) is 0 Å². The van der Waals surface area contributed by atoms with Crippen LogP contribution < -0.4 is 11.1 Å². The predicted molar refractivity (Wildman–Crippen MR) is 98.0 cm³/mol. The second-order valence-electron chi connectivity index (χ2n) is 7.19. The minimum atomic E-state index is -0.492. The van der Waals surface area contributed by atoms with Gasteiger partial charge in [0.15, 0.2) is 0 Å². The van der Waals surface area contributed by atoms with Gasteiger partial charge in [0.05, 0.1) is 18.3 Å². The normalized spacial score (nSPS) is 12.9. The Kier molecular flexibility index (Phi) is 5.78. The smallest absolute Gasteiger partial charge is 0.242 e. The number of carbonyl (C=O) groups is 1. The summed E-state index contributed by atoms with van der Waals surface area (Å²) in [6.07, 6.45) is 1.55. The zero-order valence-electron chi connectivity index (χ0n) is 15.0. The molecule has 0 spiro atoms. The maximum absolute atomic E-state index is 12.3. The SMILES string of the molecule is CCCC(N)C(=O)Nc1cc(C(C)(C)C)nn1Cc1ccccc1. The summed E-state index contributed by atoms with van der Waals surface area (Å²) in [6, 6.07) is 11.5. The molecule has 24 heavy (non-hydrogen) atoms. The van der Waals surface area contributed by atoms with Gasteiger partial charge in [-0.05, 0) is 12.0 Å². The van der Waals surface area contributed by atoms with E-state index in [4.69, 9.17) is 10.8 Å². The van der Waals surface area contributed by atoms with Crippen LogP contribution in [0.2, 0.25) is 0 Å². The van der Waals surface area contributed by atoms with Gasteiger partial charge in [0.25, 0.3) is 0 Å². The first kappa shape index (κ1) is 18.2. The summed E-state index contributed by atoms with van der Waals surface area (Å²) in [4.78, 5) is 12.3. The molecule has 0 saturated heterocycles. The molecule has 0 saturated carbocycles. The molecule has 0 aliphatic rings. The van der Waals surface area contributed by atoms with Gasteiger partial charge in [0.2, 0.25) is 5.91 Å². The Balaban J connectivity index is 2.27. The number of anilines is 1. The maximum Gasteiger partial charge on any atom is 0.242 e. The van der Waals surface area contributed by atoms with Gasteiger partial charge in [0.1, 0.15) is 5.82 Å². The Labute approximate surface area is 144 Å². The highest BCUT2D eigenvalue weighted by atomic mass is 16.2. The van der Waals surface area contributed by atoms with Crippen molar-refractivity contribution in [2.75, 3.05) is 5.32 Å². The minimum absolute atomic E-state index is 0.0903. The van der Waals surface area contributed by atoms with Crippen molar-refractivity contribution < 1.29 is 4.79 Å². The number of amides is 1. The van der Waals surface area contributed by atoms with E-state index in [0.29, 0.717) is 18.8 Å². The molecule has 1 heterocycles. The highest BCUT2D eigenvalue weighted by molar-refractivity contribution is 5.94. The zero-order valence-corrected chi connectivity index (χ0v) is 15.0. The van der Waals surface area contributed by atoms with Gasteiger partial charge < -0.3 is 11.1 Å². The summed E-state index contributed by atoms with van der Waals surface area (Å²) in [6.45, 7) is 8.95. The van der Waals surface area contributed by atoms with Crippen molar-refractivity contribution in [2.24, 2.45) is 5.73 Å². The van der Waals surface area contributed by atoms with Crippen LogP contribution in [0.3, 0.4) is 0 Å². The van der Waals surface area contributed by atoms with Crippen LogP contribution in [0.4, 0.5) is 5.82 Å². The number of hydrogen-bond acceptors (Lipinski definition) is 3. The Morgan fingerprint density at radius 2 is 1.96 bits per heavy atom. The Hall–Kier alpha value is -2.14. The molecule has 0 fully saturated rings. The molecule has 2 rings (SSSR count). The van der Waals surface area contributed by atoms with Gasteiger partial charge in [-0.3, -0.25) is 4.79 Å². The van der Waals surface area contributed by atoms with Crippen LogP contribution in [0, 0.1) is 0 Å². The topological polar surface area (TPSA) is 72.9 Å². The monoisotopic (exact) mass is 328 g/mol. The first-order valence-corrected chi connectivity index (χ1v) is 8.50. The third-order valence-electron chi connectivity index (χ3n) is 3.91. The average molecular weight is 328 g/mol. The van der Waals surface area contributed by atoms with Crippen LogP contribution in [0.1, 0.15) is 51.8 Å². The van der Waals surface area contributed by atoms with E-state index in [1.807, 2.05) is 48.0 Å². The fourth-order valence-corrected chi connectivity index (χ4v) is 2.42. The first-order chi connectivity index (χ1) is 11.3. The maximum atomic E-state index is 12.3. The Morgan fingerprint density at radius 3 is 2.54 bits per heavy atom. The van der Waals surface area contributed by atoms with Crippen molar-refractivity contribution in [3.63, 3.8) is 0 Å². The number of nitrogens with zero attached hydrogens (tertiary/aromatic N) is 2. The molecular weight excluding hydrogens is 300 g/mol. The summed E-state index contributed by atoms with van der Waals surface area (Å²) in [5.41, 5.74) is 7.91. The first-order valence-electron chi connectivity index (χ1n) is 8.50. The van der Waals surface area contributed by atoms with Crippen LogP contribution in [-0.2, 0) is 16.8 Å². The van der Waals surface area contributed by atoms with Crippen molar-refractivity contribution in [3.8, 4) is 0 Å². The molecule has 0 aliphatic carbocycles. The lowest BCUT2D eigenvalue weighted by molar-refractivity contribution is -0.117. The summed E-state index contributed by atoms with van der Waals surface area (Å²) in [5, 5.41) is 7.64. The number of hydrogen-bond donors (Lipinski definition) is 2. The molecular formula is C19H28N4O. The van der Waals surface area contributed by atoms with Crippen LogP contribution in [0.25, 0.3) is 0 Å². The molecule has 1 amide bonds. The van der Waals surface area contributed by atoms with E-state index >= 15 is 0 Å². The third kappa shape index (κ3) is 4.68. The fourth-order valence-electron chi connectivity index (χ4n) is 2.42. The van der Waals surface area contributed by atoms with Crippen molar-refractivity contribution in [1.82, 2.24) is 9.78 Å². The van der Waals surface area contributed by atoms with Gasteiger partial charge in [-0.1, -0.05) is 64.4 Å². The number of aromatic nitrogens is 2. The van der Waals surface area contributed by atoms with Crippen molar-refractivity contribution >= 4 is 11.7 Å². The van der Waals surface area contributed by atoms with Crippen LogP contribution >= 0.6 is 0 Å². The quantitative estimate of drug-likeness (QED) is 0.854. The highest BCUT2D eigenvalue weighted by Crippen LogP contribution is 2.24. The lowest BCUT2D eigenvalue weighted by Crippen LogP contribution is -2.36. The Morgan fingerprint density at radius 1 is 1.29 bits per heavy atom. The molecule has 1 aromatic heterocycles. The van der Waals surface area contributed by atoms with Crippen molar-refractivity contribution in [2.45, 2.75) is 58.5 Å². The minimum Gasteiger partial charge on any atom is -0.320 e. The number of benzene rings is 1. The number of nitrogens with two attached hydrogens (primary N) is 1. The van der Waals surface area contributed by atoms with Crippen LogP contribution in [-0.4, -0.2) is 21.7 Å². The summed E-state index contributed by atoms with van der Waals surface area (Å²) < 4.78 is 1.84. The highest BCUT2D eigenvalue weighted by Gasteiger charge is 2.22. The van der Waals surface area contributed by atoms with E-state index in [0.717, 1.165) is 17.7 Å². The molecule has 0 radical (unpaired) electrons. The average Bonchev–Trinajstić information content (AvgIpc) is 2.91. The van der Waals surface area contributed by atoms with Gasteiger partial charge in [0, 0.05) is 11.5 Å². The molecule has 0 bridgehead atoms. The van der Waals surface area contributed by atoms with E-state index in [9.17, 15) is 4.79 Å². The van der Waals surface area contributed by atoms with Gasteiger partial charge in [-0.2, -0.15) is 5.10 Å². The molecule has 3 N–H and O–H groups in total. The number of carbonyl (C=O) groups excluding carboxylic acids is 1. The number of rotatable bonds is 6. The van der Waals surface area contributed by atoms with Crippen molar-refractivity contribution in [3.05, 3.63) is 47.7 Å². The van der Waals surface area contributed by atoms with Gasteiger partial charge in [-0.25, -0.2) is 4.68 Å². The molecule has 2 aromatic rings. The van der Waals surface area contributed by atoms with Crippen molar-refractivity contribution in [1.29, 1.82) is 0 Å². The molecule has 5 heteroatoms. The second kappa shape index (κ2) is 7.62.